The van der Waals surface area contributed by atoms with Crippen LogP contribution in [-0.4, -0.2) is 34.8 Å². The van der Waals surface area contributed by atoms with Crippen LogP contribution in [0.1, 0.15) is 23.2 Å². The van der Waals surface area contributed by atoms with Gasteiger partial charge in [0.1, 0.15) is 5.75 Å². The fourth-order valence-corrected chi connectivity index (χ4v) is 3.42. The summed E-state index contributed by atoms with van der Waals surface area (Å²) in [5, 5.41) is 2.94. The predicted molar refractivity (Wildman–Crippen MR) is 75.8 cm³/mol. The van der Waals surface area contributed by atoms with E-state index in [2.05, 4.69) is 5.32 Å². The molecule has 0 aromatic heterocycles. The topological polar surface area (TPSA) is 81.4 Å². The second-order valence-electron chi connectivity index (χ2n) is 4.52. The molecule has 1 aromatic carbocycles. The number of nitrogen functional groups attached to an aromatic ring is 1. The van der Waals surface area contributed by atoms with E-state index in [1.807, 2.05) is 0 Å². The number of methoxy groups -OCH3 is 1. The van der Waals surface area contributed by atoms with Gasteiger partial charge in [-0.3, -0.25) is 9.00 Å². The molecule has 1 aliphatic heterocycles. The Bertz CT molecular complexity index is 495. The molecule has 1 fully saturated rings. The largest absolute Gasteiger partial charge is 0.495 e. The third kappa shape index (κ3) is 3.26. The van der Waals surface area contributed by atoms with Crippen molar-refractivity contribution in [2.24, 2.45) is 0 Å². The van der Waals surface area contributed by atoms with E-state index in [9.17, 15) is 9.00 Å². The van der Waals surface area contributed by atoms with Crippen molar-refractivity contribution in [2.45, 2.75) is 18.9 Å². The zero-order valence-corrected chi connectivity index (χ0v) is 11.7. The second-order valence-corrected chi connectivity index (χ2v) is 6.21. The van der Waals surface area contributed by atoms with Gasteiger partial charge >= 0.3 is 0 Å². The lowest BCUT2D eigenvalue weighted by Crippen LogP contribution is -2.39. The third-order valence-corrected chi connectivity index (χ3v) is 4.64. The lowest BCUT2D eigenvalue weighted by molar-refractivity contribution is 0.0935. The van der Waals surface area contributed by atoms with Crippen LogP contribution in [0.5, 0.6) is 5.75 Å². The van der Waals surface area contributed by atoms with Crippen LogP contribution in [0.15, 0.2) is 18.2 Å². The monoisotopic (exact) mass is 282 g/mol. The van der Waals surface area contributed by atoms with Crippen molar-refractivity contribution in [3.8, 4) is 5.75 Å². The van der Waals surface area contributed by atoms with Crippen molar-refractivity contribution in [1.29, 1.82) is 0 Å². The van der Waals surface area contributed by atoms with Crippen LogP contribution in [0, 0.1) is 0 Å². The van der Waals surface area contributed by atoms with Crippen molar-refractivity contribution in [1.82, 2.24) is 5.32 Å². The number of carbonyl (C=O) groups is 1. The smallest absolute Gasteiger partial charge is 0.253 e. The van der Waals surface area contributed by atoms with Crippen molar-refractivity contribution < 1.29 is 13.7 Å². The summed E-state index contributed by atoms with van der Waals surface area (Å²) in [6.45, 7) is 0. The van der Waals surface area contributed by atoms with Gasteiger partial charge in [-0.2, -0.15) is 0 Å². The number of carbonyl (C=O) groups excluding carboxylic acids is 1. The Kier molecular flexibility index (Phi) is 4.42. The molecule has 19 heavy (non-hydrogen) atoms. The Hall–Kier alpha value is -1.56. The van der Waals surface area contributed by atoms with Gasteiger partial charge in [0.25, 0.3) is 5.91 Å². The fourth-order valence-electron chi connectivity index (χ4n) is 2.12. The number of hydrogen-bond acceptors (Lipinski definition) is 4. The summed E-state index contributed by atoms with van der Waals surface area (Å²) in [5.41, 5.74) is 6.66. The van der Waals surface area contributed by atoms with Gasteiger partial charge in [0.15, 0.2) is 0 Å². The third-order valence-electron chi connectivity index (χ3n) is 3.25. The lowest BCUT2D eigenvalue weighted by Gasteiger charge is -2.23. The molecule has 0 saturated carbocycles. The normalized spacial score (nSPS) is 22.8. The highest BCUT2D eigenvalue weighted by Gasteiger charge is 2.21. The first-order valence-corrected chi connectivity index (χ1v) is 7.69. The standard InChI is InChI=1S/C13H18N2O3S/c1-18-11-4-2-3-10(12(11)14)13(16)15-9-5-7-19(17)8-6-9/h2-4,9H,5-8,14H2,1H3,(H,15,16). The molecule has 0 unspecified atom stereocenters. The van der Waals surface area contributed by atoms with Crippen LogP contribution in [0.4, 0.5) is 5.69 Å². The fraction of sp³-hybridized carbons (Fsp3) is 0.462. The maximum atomic E-state index is 12.2. The highest BCUT2D eigenvalue weighted by atomic mass is 32.2. The Morgan fingerprint density at radius 3 is 2.74 bits per heavy atom. The van der Waals surface area contributed by atoms with E-state index in [1.165, 1.54) is 7.11 Å². The van der Waals surface area contributed by atoms with Gasteiger partial charge in [-0.1, -0.05) is 6.07 Å². The molecule has 0 spiro atoms. The Labute approximate surface area is 115 Å². The zero-order valence-electron chi connectivity index (χ0n) is 10.8. The lowest BCUT2D eigenvalue weighted by atomic mass is 10.1. The Balaban J connectivity index is 2.06. The first kappa shape index (κ1) is 13.9. The van der Waals surface area contributed by atoms with Crippen molar-refractivity contribution in [3.05, 3.63) is 23.8 Å². The summed E-state index contributed by atoms with van der Waals surface area (Å²) in [6, 6.07) is 5.21. The molecule has 1 aliphatic rings. The van der Waals surface area contributed by atoms with Gasteiger partial charge in [-0.05, 0) is 25.0 Å². The van der Waals surface area contributed by atoms with Crippen LogP contribution in [-0.2, 0) is 10.8 Å². The van der Waals surface area contributed by atoms with Gasteiger partial charge < -0.3 is 15.8 Å². The number of rotatable bonds is 3. The minimum absolute atomic E-state index is 0.0794. The highest BCUT2D eigenvalue weighted by molar-refractivity contribution is 7.85. The van der Waals surface area contributed by atoms with Crippen molar-refractivity contribution in [3.63, 3.8) is 0 Å². The molecule has 0 bridgehead atoms. The zero-order chi connectivity index (χ0) is 13.8. The number of nitrogens with one attached hydrogen (secondary N) is 1. The van der Waals surface area contributed by atoms with Crippen molar-refractivity contribution >= 4 is 22.4 Å². The van der Waals surface area contributed by atoms with Gasteiger partial charge in [-0.15, -0.1) is 0 Å². The summed E-state index contributed by atoms with van der Waals surface area (Å²) in [6.07, 6.45) is 1.50. The summed E-state index contributed by atoms with van der Waals surface area (Å²) >= 11 is 0. The molecule has 0 aliphatic carbocycles. The molecular weight excluding hydrogens is 264 g/mol. The molecule has 3 N–H and O–H groups in total. The van der Waals surface area contributed by atoms with Crippen LogP contribution in [0.3, 0.4) is 0 Å². The number of hydrogen-bond donors (Lipinski definition) is 2. The maximum absolute atomic E-state index is 12.2. The number of ether oxygens (including phenoxy) is 1. The molecule has 2 rings (SSSR count). The van der Waals surface area contributed by atoms with E-state index in [0.717, 1.165) is 12.8 Å². The van der Waals surface area contributed by atoms with E-state index in [4.69, 9.17) is 10.5 Å². The van der Waals surface area contributed by atoms with E-state index in [1.54, 1.807) is 18.2 Å². The SMILES string of the molecule is COc1cccc(C(=O)NC2CCS(=O)CC2)c1N. The van der Waals surface area contributed by atoms with Gasteiger partial charge in [-0.25, -0.2) is 0 Å². The van der Waals surface area contributed by atoms with Crippen molar-refractivity contribution in [2.75, 3.05) is 24.3 Å². The van der Waals surface area contributed by atoms with Gasteiger partial charge in [0.2, 0.25) is 0 Å². The maximum Gasteiger partial charge on any atom is 0.253 e. The summed E-state index contributed by atoms with van der Waals surface area (Å²) < 4.78 is 16.4. The number of para-hydroxylation sites is 1. The predicted octanol–water partition coefficient (Wildman–Crippen LogP) is 0.918. The summed E-state index contributed by atoms with van der Waals surface area (Å²) in [4.78, 5) is 12.2. The quantitative estimate of drug-likeness (QED) is 0.808. The molecule has 1 heterocycles. The average molecular weight is 282 g/mol. The van der Waals surface area contributed by atoms with Gasteiger partial charge in [0.05, 0.1) is 18.4 Å². The number of nitrogens with two attached hydrogens (primary N) is 1. The summed E-state index contributed by atoms with van der Waals surface area (Å²) in [5.74, 6) is 1.60. The first-order chi connectivity index (χ1) is 9.11. The highest BCUT2D eigenvalue weighted by Crippen LogP contribution is 2.24. The molecule has 5 nitrogen and oxygen atoms in total. The number of amides is 1. The minimum Gasteiger partial charge on any atom is -0.495 e. The van der Waals surface area contributed by atoms with E-state index < -0.39 is 10.8 Å². The second kappa shape index (κ2) is 6.06. The molecule has 1 amide bonds. The summed E-state index contributed by atoms with van der Waals surface area (Å²) in [7, 11) is 0.792. The molecule has 1 aromatic rings. The van der Waals surface area contributed by atoms with E-state index in [0.29, 0.717) is 28.5 Å². The molecule has 1 saturated heterocycles. The average Bonchev–Trinajstić information content (AvgIpc) is 2.41. The van der Waals surface area contributed by atoms with E-state index in [-0.39, 0.29) is 11.9 Å². The molecule has 6 heteroatoms. The Morgan fingerprint density at radius 2 is 2.11 bits per heavy atom. The van der Waals surface area contributed by atoms with E-state index >= 15 is 0 Å². The minimum atomic E-state index is -0.726. The number of anilines is 1. The molecular formula is C13H18N2O3S. The van der Waals surface area contributed by atoms with Crippen LogP contribution in [0.2, 0.25) is 0 Å². The molecule has 0 radical (unpaired) electrons. The van der Waals surface area contributed by atoms with Crippen LogP contribution < -0.4 is 15.8 Å². The Morgan fingerprint density at radius 1 is 1.42 bits per heavy atom. The number of benzene rings is 1. The van der Waals surface area contributed by atoms with Crippen LogP contribution >= 0.6 is 0 Å². The van der Waals surface area contributed by atoms with Crippen LogP contribution in [0.25, 0.3) is 0 Å². The van der Waals surface area contributed by atoms with Gasteiger partial charge in [0, 0.05) is 28.3 Å². The molecule has 0 atom stereocenters. The molecule has 104 valence electrons. The first-order valence-electron chi connectivity index (χ1n) is 6.20.